The Kier molecular flexibility index (Phi) is 7.24. The summed E-state index contributed by atoms with van der Waals surface area (Å²) < 4.78 is 1.88. The van der Waals surface area contributed by atoms with E-state index in [9.17, 15) is 9.59 Å². The number of benzene rings is 2. The molecule has 0 unspecified atom stereocenters. The van der Waals surface area contributed by atoms with E-state index in [0.717, 1.165) is 11.4 Å². The van der Waals surface area contributed by atoms with Crippen LogP contribution in [0.2, 0.25) is 0 Å². The van der Waals surface area contributed by atoms with Crippen molar-refractivity contribution in [1.82, 2.24) is 19.7 Å². The fourth-order valence-corrected chi connectivity index (χ4v) is 3.71. The van der Waals surface area contributed by atoms with Crippen LogP contribution in [0.5, 0.6) is 0 Å². The van der Waals surface area contributed by atoms with E-state index in [2.05, 4.69) is 15.5 Å². The number of anilines is 1. The van der Waals surface area contributed by atoms with Gasteiger partial charge >= 0.3 is 0 Å². The Morgan fingerprint density at radius 1 is 1.00 bits per heavy atom. The molecule has 1 heterocycles. The molecule has 30 heavy (non-hydrogen) atoms. The number of hydrogen-bond acceptors (Lipinski definition) is 5. The molecule has 0 aliphatic rings. The van der Waals surface area contributed by atoms with E-state index in [0.29, 0.717) is 29.5 Å². The molecule has 0 radical (unpaired) electrons. The SMILES string of the molecule is CCN(CC)C(=O)c1ccc(NC(=O)CSc2nnc(-c3ccccc3)n2C)cc1. The standard InChI is InChI=1S/C22H25N5O2S/c1-4-27(5-2)21(29)17-11-13-18(14-12-17)23-19(28)15-30-22-25-24-20(26(22)3)16-9-7-6-8-10-16/h6-14H,4-5,15H2,1-3H3,(H,23,28). The predicted octanol–water partition coefficient (Wildman–Crippen LogP) is 3.69. The summed E-state index contributed by atoms with van der Waals surface area (Å²) in [6.45, 7) is 5.24. The second kappa shape index (κ2) is 10.1. The summed E-state index contributed by atoms with van der Waals surface area (Å²) in [5.41, 5.74) is 2.24. The van der Waals surface area contributed by atoms with Crippen LogP contribution in [-0.2, 0) is 11.8 Å². The lowest BCUT2D eigenvalue weighted by atomic mass is 10.2. The molecule has 0 bridgehead atoms. The average Bonchev–Trinajstić information content (AvgIpc) is 3.14. The fraction of sp³-hybridized carbons (Fsp3) is 0.273. The van der Waals surface area contributed by atoms with Crippen LogP contribution in [0.4, 0.5) is 5.69 Å². The molecule has 8 heteroatoms. The van der Waals surface area contributed by atoms with E-state index in [4.69, 9.17) is 0 Å². The zero-order valence-corrected chi connectivity index (χ0v) is 18.1. The molecular weight excluding hydrogens is 398 g/mol. The maximum Gasteiger partial charge on any atom is 0.253 e. The van der Waals surface area contributed by atoms with Crippen LogP contribution in [0, 0.1) is 0 Å². The van der Waals surface area contributed by atoms with Crippen molar-refractivity contribution in [1.29, 1.82) is 0 Å². The number of amides is 2. The van der Waals surface area contributed by atoms with E-state index in [-0.39, 0.29) is 17.6 Å². The first-order valence-corrected chi connectivity index (χ1v) is 10.8. The third kappa shape index (κ3) is 5.07. The summed E-state index contributed by atoms with van der Waals surface area (Å²) in [6, 6.07) is 16.8. The van der Waals surface area contributed by atoms with Gasteiger partial charge in [-0.05, 0) is 38.1 Å². The average molecular weight is 424 g/mol. The van der Waals surface area contributed by atoms with Gasteiger partial charge in [0.15, 0.2) is 11.0 Å². The number of nitrogens with one attached hydrogen (secondary N) is 1. The zero-order valence-electron chi connectivity index (χ0n) is 17.3. The highest BCUT2D eigenvalue weighted by Gasteiger charge is 2.14. The third-order valence-electron chi connectivity index (χ3n) is 4.67. The molecule has 3 aromatic rings. The number of hydrogen-bond donors (Lipinski definition) is 1. The van der Waals surface area contributed by atoms with Crippen molar-refractivity contribution < 1.29 is 9.59 Å². The van der Waals surface area contributed by atoms with Gasteiger partial charge in [-0.3, -0.25) is 9.59 Å². The number of thioether (sulfide) groups is 1. The minimum absolute atomic E-state index is 0.00932. The molecular formula is C22H25N5O2S. The van der Waals surface area contributed by atoms with Crippen molar-refractivity contribution in [3.63, 3.8) is 0 Å². The number of carbonyl (C=O) groups excluding carboxylic acids is 2. The van der Waals surface area contributed by atoms with Gasteiger partial charge in [-0.2, -0.15) is 0 Å². The highest BCUT2D eigenvalue weighted by atomic mass is 32.2. The smallest absolute Gasteiger partial charge is 0.253 e. The molecule has 2 amide bonds. The van der Waals surface area contributed by atoms with Crippen LogP contribution < -0.4 is 5.32 Å². The lowest BCUT2D eigenvalue weighted by Crippen LogP contribution is -2.30. The van der Waals surface area contributed by atoms with Crippen LogP contribution in [-0.4, -0.2) is 50.3 Å². The molecule has 0 aliphatic carbocycles. The second-order valence-electron chi connectivity index (χ2n) is 6.62. The van der Waals surface area contributed by atoms with Gasteiger partial charge in [0.05, 0.1) is 5.75 Å². The van der Waals surface area contributed by atoms with Gasteiger partial charge in [0.25, 0.3) is 5.91 Å². The van der Waals surface area contributed by atoms with Crippen molar-refractivity contribution in [3.05, 3.63) is 60.2 Å². The zero-order chi connectivity index (χ0) is 21.5. The van der Waals surface area contributed by atoms with Crippen molar-refractivity contribution >= 4 is 29.3 Å². The Labute approximate surface area is 180 Å². The second-order valence-corrected chi connectivity index (χ2v) is 7.57. The van der Waals surface area contributed by atoms with Crippen molar-refractivity contribution in [3.8, 4) is 11.4 Å². The number of nitrogens with zero attached hydrogens (tertiary/aromatic N) is 4. The van der Waals surface area contributed by atoms with Crippen LogP contribution in [0.3, 0.4) is 0 Å². The van der Waals surface area contributed by atoms with E-state index in [1.54, 1.807) is 29.2 Å². The molecule has 0 aliphatic heterocycles. The van der Waals surface area contributed by atoms with Gasteiger partial charge < -0.3 is 14.8 Å². The molecule has 3 rings (SSSR count). The van der Waals surface area contributed by atoms with Gasteiger partial charge in [0, 0.05) is 37.0 Å². The Hall–Kier alpha value is -3.13. The summed E-state index contributed by atoms with van der Waals surface area (Å²) in [4.78, 5) is 26.4. The van der Waals surface area contributed by atoms with Crippen molar-refractivity contribution in [2.45, 2.75) is 19.0 Å². The Bertz CT molecular complexity index is 998. The minimum atomic E-state index is -0.146. The number of carbonyl (C=O) groups is 2. The summed E-state index contributed by atoms with van der Waals surface area (Å²) in [5, 5.41) is 11.9. The fourth-order valence-electron chi connectivity index (χ4n) is 3.00. The molecule has 7 nitrogen and oxygen atoms in total. The molecule has 0 saturated carbocycles. The maximum absolute atomic E-state index is 12.4. The van der Waals surface area contributed by atoms with E-state index in [1.807, 2.05) is 55.8 Å². The van der Waals surface area contributed by atoms with Gasteiger partial charge in [-0.25, -0.2) is 0 Å². The Balaban J connectivity index is 1.56. The van der Waals surface area contributed by atoms with E-state index >= 15 is 0 Å². The van der Waals surface area contributed by atoms with Crippen molar-refractivity contribution in [2.24, 2.45) is 7.05 Å². The molecule has 0 atom stereocenters. The van der Waals surface area contributed by atoms with E-state index in [1.165, 1.54) is 11.8 Å². The highest BCUT2D eigenvalue weighted by Crippen LogP contribution is 2.22. The first-order chi connectivity index (χ1) is 14.5. The summed E-state index contributed by atoms with van der Waals surface area (Å²) in [5.74, 6) is 0.810. The molecule has 156 valence electrons. The van der Waals surface area contributed by atoms with E-state index < -0.39 is 0 Å². The minimum Gasteiger partial charge on any atom is -0.339 e. The lowest BCUT2D eigenvalue weighted by Gasteiger charge is -2.18. The van der Waals surface area contributed by atoms with Crippen LogP contribution >= 0.6 is 11.8 Å². The first kappa shape index (κ1) is 21.6. The van der Waals surface area contributed by atoms with Crippen LogP contribution in [0.25, 0.3) is 11.4 Å². The molecule has 0 fully saturated rings. The summed E-state index contributed by atoms with van der Waals surface area (Å²) in [7, 11) is 1.88. The Morgan fingerprint density at radius 3 is 2.30 bits per heavy atom. The topological polar surface area (TPSA) is 80.1 Å². The quantitative estimate of drug-likeness (QED) is 0.559. The number of aromatic nitrogens is 3. The largest absolute Gasteiger partial charge is 0.339 e. The van der Waals surface area contributed by atoms with Crippen molar-refractivity contribution in [2.75, 3.05) is 24.2 Å². The monoisotopic (exact) mass is 423 g/mol. The first-order valence-electron chi connectivity index (χ1n) is 9.80. The normalized spacial score (nSPS) is 10.6. The molecule has 1 aromatic heterocycles. The third-order valence-corrected chi connectivity index (χ3v) is 5.69. The summed E-state index contributed by atoms with van der Waals surface area (Å²) >= 11 is 1.32. The van der Waals surface area contributed by atoms with Crippen LogP contribution in [0.1, 0.15) is 24.2 Å². The summed E-state index contributed by atoms with van der Waals surface area (Å²) in [6.07, 6.45) is 0. The van der Waals surface area contributed by atoms with Gasteiger partial charge in [-0.15, -0.1) is 10.2 Å². The maximum atomic E-state index is 12.4. The van der Waals surface area contributed by atoms with Gasteiger partial charge in [-0.1, -0.05) is 42.1 Å². The molecule has 0 saturated heterocycles. The van der Waals surface area contributed by atoms with Crippen LogP contribution in [0.15, 0.2) is 59.8 Å². The predicted molar refractivity (Wildman–Crippen MR) is 119 cm³/mol. The highest BCUT2D eigenvalue weighted by molar-refractivity contribution is 7.99. The lowest BCUT2D eigenvalue weighted by molar-refractivity contribution is -0.113. The molecule has 0 spiro atoms. The molecule has 1 N–H and O–H groups in total. The van der Waals surface area contributed by atoms with Gasteiger partial charge in [0.2, 0.25) is 5.91 Å². The Morgan fingerprint density at radius 2 is 1.67 bits per heavy atom. The number of rotatable bonds is 8. The molecule has 2 aromatic carbocycles. The van der Waals surface area contributed by atoms with Gasteiger partial charge in [0.1, 0.15) is 0 Å².